The summed E-state index contributed by atoms with van der Waals surface area (Å²) in [4.78, 5) is 25.8. The van der Waals surface area contributed by atoms with Crippen molar-refractivity contribution in [3.05, 3.63) is 19.9 Å². The van der Waals surface area contributed by atoms with Crippen molar-refractivity contribution in [3.8, 4) is 0 Å². The molecule has 2 amide bonds. The van der Waals surface area contributed by atoms with Crippen LogP contribution in [0.15, 0.2) is 11.4 Å². The van der Waals surface area contributed by atoms with Gasteiger partial charge in [-0.25, -0.2) is 0 Å². The Bertz CT molecular complexity index is 463. The van der Waals surface area contributed by atoms with Crippen molar-refractivity contribution in [1.29, 1.82) is 0 Å². The molecule has 1 fully saturated rings. The van der Waals surface area contributed by atoms with Crippen molar-refractivity contribution < 1.29 is 9.59 Å². The average molecular weight is 379 g/mol. The van der Waals surface area contributed by atoms with Gasteiger partial charge in [0.05, 0.1) is 8.45 Å². The Hall–Kier alpha value is -0.670. The fourth-order valence-electron chi connectivity index (χ4n) is 1.94. The van der Waals surface area contributed by atoms with E-state index >= 15 is 0 Å². The van der Waals surface area contributed by atoms with E-state index in [-0.39, 0.29) is 11.8 Å². The number of hydrogen-bond acceptors (Lipinski definition) is 4. The van der Waals surface area contributed by atoms with Gasteiger partial charge in [0.1, 0.15) is 6.04 Å². The second kappa shape index (κ2) is 5.98. The first-order valence-corrected chi connectivity index (χ1v) is 7.56. The third kappa shape index (κ3) is 2.83. The second-order valence-corrected chi connectivity index (χ2v) is 6.78. The van der Waals surface area contributed by atoms with Gasteiger partial charge in [-0.1, -0.05) is 0 Å². The molecule has 18 heavy (non-hydrogen) atoms. The lowest BCUT2D eigenvalue weighted by Crippen LogP contribution is -2.59. The van der Waals surface area contributed by atoms with Gasteiger partial charge in [-0.2, -0.15) is 0 Å². The van der Waals surface area contributed by atoms with E-state index in [4.69, 9.17) is 0 Å². The van der Waals surface area contributed by atoms with Crippen LogP contribution in [0.4, 0.5) is 0 Å². The molecule has 1 aromatic rings. The number of likely N-dealkylation sites (N-methyl/N-ethyl adjacent to an activating group) is 1. The third-order valence-corrected chi connectivity index (χ3v) is 4.66. The molecule has 1 atom stereocenters. The van der Waals surface area contributed by atoms with Crippen LogP contribution in [0.3, 0.4) is 0 Å². The highest BCUT2D eigenvalue weighted by atomic mass is 127. The van der Waals surface area contributed by atoms with E-state index in [1.54, 1.807) is 11.9 Å². The molecule has 2 N–H and O–H groups in total. The van der Waals surface area contributed by atoms with Gasteiger partial charge in [-0.05, 0) is 28.7 Å². The SMILES string of the molecule is CNC(=O)C1CNCCN1C(=O)c1csc(I)c1. The number of rotatable bonds is 2. The van der Waals surface area contributed by atoms with Crippen molar-refractivity contribution in [2.45, 2.75) is 6.04 Å². The smallest absolute Gasteiger partial charge is 0.255 e. The molecule has 0 aromatic carbocycles. The maximum Gasteiger partial charge on any atom is 0.255 e. The Labute approximate surface area is 123 Å². The summed E-state index contributed by atoms with van der Waals surface area (Å²) in [5, 5.41) is 7.58. The fourth-order valence-corrected chi connectivity index (χ4v) is 3.26. The molecule has 2 rings (SSSR count). The van der Waals surface area contributed by atoms with Crippen LogP contribution in [0.5, 0.6) is 0 Å². The first kappa shape index (κ1) is 13.8. The number of amides is 2. The first-order valence-electron chi connectivity index (χ1n) is 5.61. The molecule has 1 aromatic heterocycles. The molecule has 0 spiro atoms. The number of carbonyl (C=O) groups is 2. The molecular formula is C11H14IN3O2S. The predicted molar refractivity (Wildman–Crippen MR) is 78.8 cm³/mol. The van der Waals surface area contributed by atoms with Gasteiger partial charge in [0, 0.05) is 32.1 Å². The Kier molecular flexibility index (Phi) is 4.57. The van der Waals surface area contributed by atoms with Crippen LogP contribution in [0.25, 0.3) is 0 Å². The van der Waals surface area contributed by atoms with E-state index in [1.807, 2.05) is 11.4 Å². The molecule has 7 heteroatoms. The highest BCUT2D eigenvalue weighted by Crippen LogP contribution is 2.19. The van der Waals surface area contributed by atoms with Crippen molar-refractivity contribution >= 4 is 45.7 Å². The second-order valence-electron chi connectivity index (χ2n) is 3.97. The standard InChI is InChI=1S/C11H14IN3O2S/c1-13-10(16)8-5-14-2-3-15(8)11(17)7-4-9(12)18-6-7/h4,6,8,14H,2-3,5H2,1H3,(H,13,16). The summed E-state index contributed by atoms with van der Waals surface area (Å²) in [6.07, 6.45) is 0. The summed E-state index contributed by atoms with van der Waals surface area (Å²) in [5.41, 5.74) is 0.667. The molecule has 1 aliphatic rings. The van der Waals surface area contributed by atoms with Crippen molar-refractivity contribution in [2.24, 2.45) is 0 Å². The normalized spacial score (nSPS) is 19.7. The largest absolute Gasteiger partial charge is 0.357 e. The molecule has 1 unspecified atom stereocenters. The van der Waals surface area contributed by atoms with Gasteiger partial charge >= 0.3 is 0 Å². The molecule has 1 saturated heterocycles. The van der Waals surface area contributed by atoms with Gasteiger partial charge in [0.2, 0.25) is 5.91 Å². The van der Waals surface area contributed by atoms with Crippen molar-refractivity contribution in [3.63, 3.8) is 0 Å². The lowest BCUT2D eigenvalue weighted by atomic mass is 10.1. The van der Waals surface area contributed by atoms with Crippen LogP contribution in [0.1, 0.15) is 10.4 Å². The quantitative estimate of drug-likeness (QED) is 0.737. The minimum absolute atomic E-state index is 0.0655. The van der Waals surface area contributed by atoms with E-state index in [1.165, 1.54) is 11.3 Å². The van der Waals surface area contributed by atoms with E-state index in [0.717, 1.165) is 9.43 Å². The number of piperazine rings is 1. The van der Waals surface area contributed by atoms with Gasteiger partial charge in [0.15, 0.2) is 0 Å². The minimum Gasteiger partial charge on any atom is -0.357 e. The maximum atomic E-state index is 12.4. The molecule has 98 valence electrons. The molecule has 0 saturated carbocycles. The van der Waals surface area contributed by atoms with Gasteiger partial charge < -0.3 is 15.5 Å². The van der Waals surface area contributed by atoms with Gasteiger partial charge in [-0.15, -0.1) is 11.3 Å². The number of hydrogen-bond donors (Lipinski definition) is 2. The summed E-state index contributed by atoms with van der Waals surface area (Å²) in [5.74, 6) is -0.190. The summed E-state index contributed by atoms with van der Waals surface area (Å²) in [6, 6.07) is 1.44. The molecule has 5 nitrogen and oxygen atoms in total. The number of halogens is 1. The molecule has 0 bridgehead atoms. The zero-order valence-corrected chi connectivity index (χ0v) is 12.9. The van der Waals surface area contributed by atoms with E-state index < -0.39 is 6.04 Å². The van der Waals surface area contributed by atoms with Crippen LogP contribution in [-0.2, 0) is 4.79 Å². The lowest BCUT2D eigenvalue weighted by Gasteiger charge is -2.34. The highest BCUT2D eigenvalue weighted by Gasteiger charge is 2.32. The zero-order chi connectivity index (χ0) is 13.1. The monoisotopic (exact) mass is 379 g/mol. The summed E-state index contributed by atoms with van der Waals surface area (Å²) < 4.78 is 1.07. The predicted octanol–water partition coefficient (Wildman–Crippen LogP) is 0.513. The van der Waals surface area contributed by atoms with Crippen molar-refractivity contribution in [1.82, 2.24) is 15.5 Å². The molecular weight excluding hydrogens is 365 g/mol. The Morgan fingerprint density at radius 2 is 2.39 bits per heavy atom. The Morgan fingerprint density at radius 1 is 1.61 bits per heavy atom. The Morgan fingerprint density at radius 3 is 3.00 bits per heavy atom. The molecule has 0 aliphatic carbocycles. The van der Waals surface area contributed by atoms with Crippen LogP contribution in [0, 0.1) is 2.88 Å². The topological polar surface area (TPSA) is 61.4 Å². The summed E-state index contributed by atoms with van der Waals surface area (Å²) >= 11 is 3.72. The maximum absolute atomic E-state index is 12.4. The molecule has 2 heterocycles. The minimum atomic E-state index is -0.422. The number of thiophene rings is 1. The van der Waals surface area contributed by atoms with E-state index in [2.05, 4.69) is 33.2 Å². The van der Waals surface area contributed by atoms with Crippen LogP contribution < -0.4 is 10.6 Å². The van der Waals surface area contributed by atoms with E-state index in [0.29, 0.717) is 18.7 Å². The number of carbonyl (C=O) groups excluding carboxylic acids is 2. The van der Waals surface area contributed by atoms with Crippen LogP contribution in [0.2, 0.25) is 0 Å². The lowest BCUT2D eigenvalue weighted by molar-refractivity contribution is -0.125. The summed E-state index contributed by atoms with van der Waals surface area (Å²) in [7, 11) is 1.59. The van der Waals surface area contributed by atoms with Crippen molar-refractivity contribution in [2.75, 3.05) is 26.7 Å². The zero-order valence-electron chi connectivity index (χ0n) is 9.90. The third-order valence-electron chi connectivity index (χ3n) is 2.87. The summed E-state index contributed by atoms with van der Waals surface area (Å²) in [6.45, 7) is 1.79. The number of nitrogens with one attached hydrogen (secondary N) is 2. The Balaban J connectivity index is 2.18. The first-order chi connectivity index (χ1) is 8.63. The van der Waals surface area contributed by atoms with E-state index in [9.17, 15) is 9.59 Å². The van der Waals surface area contributed by atoms with Crippen LogP contribution in [-0.4, -0.2) is 49.4 Å². The number of nitrogens with zero attached hydrogens (tertiary/aromatic N) is 1. The van der Waals surface area contributed by atoms with Gasteiger partial charge in [-0.3, -0.25) is 9.59 Å². The fraction of sp³-hybridized carbons (Fsp3) is 0.455. The highest BCUT2D eigenvalue weighted by molar-refractivity contribution is 14.1. The average Bonchev–Trinajstić information content (AvgIpc) is 2.83. The van der Waals surface area contributed by atoms with Gasteiger partial charge in [0.25, 0.3) is 5.91 Å². The van der Waals surface area contributed by atoms with Crippen LogP contribution >= 0.6 is 33.9 Å². The molecule has 1 aliphatic heterocycles. The molecule has 0 radical (unpaired) electrons.